The first kappa shape index (κ1) is 15.0. The Kier molecular flexibility index (Phi) is 3.94. The van der Waals surface area contributed by atoms with Crippen molar-refractivity contribution in [2.45, 2.75) is 11.9 Å². The fraction of sp³-hybridized carbons (Fsp3) is 0.167. The van der Waals surface area contributed by atoms with E-state index in [1.165, 1.54) is 12.1 Å². The summed E-state index contributed by atoms with van der Waals surface area (Å²) in [7, 11) is -4.14. The summed E-state index contributed by atoms with van der Waals surface area (Å²) < 4.78 is 39.0. The fourth-order valence-electron chi connectivity index (χ4n) is 1.83. The highest BCUT2D eigenvalue weighted by Crippen LogP contribution is 2.24. The van der Waals surface area contributed by atoms with Crippen molar-refractivity contribution >= 4 is 21.7 Å². The van der Waals surface area contributed by atoms with Crippen LogP contribution in [0.1, 0.15) is 17.3 Å². The van der Waals surface area contributed by atoms with Crippen LogP contribution in [0.3, 0.4) is 0 Å². The number of hydrogen-bond acceptors (Lipinski definition) is 4. The number of aromatic amines is 1. The molecule has 1 aromatic heterocycles. The Balaban J connectivity index is 2.52. The molecule has 0 saturated carbocycles. The van der Waals surface area contributed by atoms with E-state index in [0.29, 0.717) is 0 Å². The highest BCUT2D eigenvalue weighted by molar-refractivity contribution is 7.92. The topological polar surface area (TPSA) is 103 Å². The van der Waals surface area contributed by atoms with Gasteiger partial charge in [0.05, 0.1) is 11.9 Å². The number of aromatic carboxylic acids is 1. The van der Waals surface area contributed by atoms with Crippen LogP contribution in [-0.2, 0) is 10.0 Å². The normalized spacial score (nSPS) is 11.3. The molecule has 0 radical (unpaired) electrons. The molecular weight excluding hydrogens is 301 g/mol. The highest BCUT2D eigenvalue weighted by Gasteiger charge is 2.30. The highest BCUT2D eigenvalue weighted by atomic mass is 32.2. The van der Waals surface area contributed by atoms with Gasteiger partial charge in [-0.2, -0.15) is 13.5 Å². The van der Waals surface area contributed by atoms with E-state index < -0.39 is 32.4 Å². The molecule has 2 rings (SSSR count). The number of benzene rings is 1. The van der Waals surface area contributed by atoms with Crippen molar-refractivity contribution in [1.82, 2.24) is 10.2 Å². The summed E-state index contributed by atoms with van der Waals surface area (Å²) in [5.41, 5.74) is -0.222. The first-order valence-electron chi connectivity index (χ1n) is 5.93. The van der Waals surface area contributed by atoms with E-state index in [9.17, 15) is 17.6 Å². The van der Waals surface area contributed by atoms with Crippen LogP contribution in [0.2, 0.25) is 0 Å². The summed E-state index contributed by atoms with van der Waals surface area (Å²) in [6, 6.07) is 4.84. The molecule has 0 aliphatic rings. The van der Waals surface area contributed by atoms with Gasteiger partial charge in [0, 0.05) is 6.54 Å². The van der Waals surface area contributed by atoms with Crippen LogP contribution in [0.5, 0.6) is 0 Å². The van der Waals surface area contributed by atoms with E-state index in [1.54, 1.807) is 6.92 Å². The third-order valence-electron chi connectivity index (χ3n) is 2.78. The molecule has 112 valence electrons. The van der Waals surface area contributed by atoms with Crippen molar-refractivity contribution in [2.24, 2.45) is 0 Å². The second kappa shape index (κ2) is 5.52. The van der Waals surface area contributed by atoms with Crippen LogP contribution in [-0.4, -0.2) is 36.2 Å². The number of nitrogens with zero attached hydrogens (tertiary/aromatic N) is 2. The largest absolute Gasteiger partial charge is 0.478 e. The minimum absolute atomic E-state index is 0.0477. The molecular formula is C12H12FN3O4S. The van der Waals surface area contributed by atoms with Gasteiger partial charge in [0.1, 0.15) is 11.4 Å². The molecule has 0 spiro atoms. The van der Waals surface area contributed by atoms with Crippen LogP contribution in [0.25, 0.3) is 0 Å². The van der Waals surface area contributed by atoms with E-state index in [0.717, 1.165) is 22.6 Å². The molecule has 21 heavy (non-hydrogen) atoms. The lowest BCUT2D eigenvalue weighted by Crippen LogP contribution is -2.32. The smallest absolute Gasteiger partial charge is 0.340 e. The molecule has 2 N–H and O–H groups in total. The number of rotatable bonds is 5. The summed E-state index contributed by atoms with van der Waals surface area (Å²) >= 11 is 0. The number of H-pyrrole nitrogens is 1. The van der Waals surface area contributed by atoms with E-state index in [4.69, 9.17) is 5.11 Å². The lowest BCUT2D eigenvalue weighted by Gasteiger charge is -2.22. The van der Waals surface area contributed by atoms with Crippen molar-refractivity contribution < 1.29 is 22.7 Å². The molecule has 0 fully saturated rings. The number of anilines is 1. The van der Waals surface area contributed by atoms with Crippen LogP contribution >= 0.6 is 0 Å². The Morgan fingerprint density at radius 1 is 1.38 bits per heavy atom. The van der Waals surface area contributed by atoms with Gasteiger partial charge in [-0.3, -0.25) is 9.40 Å². The standard InChI is InChI=1S/C12H12FN3O4S/c1-2-16(9-5-3-8(13)4-6-9)21(19,20)11-10(12(17)18)7-14-15-11/h3-7H,2H2,1H3,(H,14,15)(H,17,18). The van der Waals surface area contributed by atoms with Gasteiger partial charge in [0.15, 0.2) is 5.03 Å². The van der Waals surface area contributed by atoms with E-state index >= 15 is 0 Å². The first-order valence-corrected chi connectivity index (χ1v) is 7.37. The van der Waals surface area contributed by atoms with Crippen molar-refractivity contribution in [1.29, 1.82) is 0 Å². The summed E-state index contributed by atoms with van der Waals surface area (Å²) in [6.45, 7) is 1.63. The Morgan fingerprint density at radius 3 is 2.52 bits per heavy atom. The summed E-state index contributed by atoms with van der Waals surface area (Å²) in [6.07, 6.45) is 0.924. The van der Waals surface area contributed by atoms with Crippen LogP contribution < -0.4 is 4.31 Å². The third-order valence-corrected chi connectivity index (χ3v) is 4.66. The number of halogens is 1. The van der Waals surface area contributed by atoms with Crippen molar-refractivity contribution in [3.63, 3.8) is 0 Å². The summed E-state index contributed by atoms with van der Waals surface area (Å²) in [5, 5.41) is 14.1. The van der Waals surface area contributed by atoms with E-state index in [1.807, 2.05) is 0 Å². The zero-order valence-corrected chi connectivity index (χ0v) is 11.8. The number of carboxylic acid groups (broad SMARTS) is 1. The zero-order valence-electron chi connectivity index (χ0n) is 10.9. The van der Waals surface area contributed by atoms with E-state index in [2.05, 4.69) is 10.2 Å². The molecule has 0 bridgehead atoms. The van der Waals surface area contributed by atoms with Gasteiger partial charge < -0.3 is 5.11 Å². The molecule has 2 aromatic rings. The maximum Gasteiger partial charge on any atom is 0.340 e. The number of sulfonamides is 1. The lowest BCUT2D eigenvalue weighted by molar-refractivity contribution is 0.0692. The van der Waals surface area contributed by atoms with Crippen molar-refractivity contribution in [3.05, 3.63) is 41.8 Å². The van der Waals surface area contributed by atoms with Gasteiger partial charge in [-0.05, 0) is 31.2 Å². The predicted molar refractivity (Wildman–Crippen MR) is 72.2 cm³/mol. The Bertz CT molecular complexity index is 755. The number of nitrogens with one attached hydrogen (secondary N) is 1. The molecule has 0 unspecified atom stereocenters. The number of carboxylic acids is 1. The molecule has 1 heterocycles. The Morgan fingerprint density at radius 2 is 2.00 bits per heavy atom. The molecule has 0 aliphatic heterocycles. The summed E-state index contributed by atoms with van der Waals surface area (Å²) in [4.78, 5) is 11.0. The fourth-order valence-corrected chi connectivity index (χ4v) is 3.38. The second-order valence-electron chi connectivity index (χ2n) is 4.06. The lowest BCUT2D eigenvalue weighted by atomic mass is 10.3. The second-order valence-corrected chi connectivity index (χ2v) is 5.86. The van der Waals surface area contributed by atoms with Gasteiger partial charge >= 0.3 is 5.97 Å². The number of aromatic nitrogens is 2. The molecule has 0 aliphatic carbocycles. The van der Waals surface area contributed by atoms with Crippen molar-refractivity contribution in [2.75, 3.05) is 10.8 Å². The monoisotopic (exact) mass is 313 g/mol. The SMILES string of the molecule is CCN(c1ccc(F)cc1)S(=O)(=O)c1[nH]ncc1C(=O)O. The Labute approximate surface area is 120 Å². The average Bonchev–Trinajstić information content (AvgIpc) is 2.92. The van der Waals surface area contributed by atoms with Gasteiger partial charge in [0.25, 0.3) is 10.0 Å². The van der Waals surface area contributed by atoms with E-state index in [-0.39, 0.29) is 12.2 Å². The molecule has 1 aromatic carbocycles. The van der Waals surface area contributed by atoms with Crippen LogP contribution in [0.15, 0.2) is 35.5 Å². The molecule has 7 nitrogen and oxygen atoms in total. The number of carbonyl (C=O) groups is 1. The van der Waals surface area contributed by atoms with Gasteiger partial charge in [-0.25, -0.2) is 9.18 Å². The minimum Gasteiger partial charge on any atom is -0.478 e. The number of hydrogen-bond donors (Lipinski definition) is 2. The van der Waals surface area contributed by atoms with Gasteiger partial charge in [-0.1, -0.05) is 0 Å². The minimum atomic E-state index is -4.14. The van der Waals surface area contributed by atoms with Crippen molar-refractivity contribution in [3.8, 4) is 0 Å². The first-order chi connectivity index (χ1) is 9.87. The van der Waals surface area contributed by atoms with Crippen LogP contribution in [0, 0.1) is 5.82 Å². The van der Waals surface area contributed by atoms with Gasteiger partial charge in [-0.15, -0.1) is 0 Å². The average molecular weight is 313 g/mol. The molecule has 0 amide bonds. The zero-order chi connectivity index (χ0) is 15.6. The third kappa shape index (κ3) is 2.72. The van der Waals surface area contributed by atoms with Crippen LogP contribution in [0.4, 0.5) is 10.1 Å². The molecule has 0 saturated heterocycles. The quantitative estimate of drug-likeness (QED) is 0.870. The van der Waals surface area contributed by atoms with Gasteiger partial charge in [0.2, 0.25) is 0 Å². The Hall–Kier alpha value is -2.42. The summed E-state index contributed by atoms with van der Waals surface area (Å²) in [5.74, 6) is -1.91. The maximum absolute atomic E-state index is 12.9. The molecule has 9 heteroatoms. The predicted octanol–water partition coefficient (Wildman–Crippen LogP) is 1.46. The molecule has 0 atom stereocenters. The maximum atomic E-state index is 12.9.